The molecule has 0 saturated heterocycles. The van der Waals surface area contributed by atoms with Gasteiger partial charge in [0.25, 0.3) is 0 Å². The average Bonchev–Trinajstić information content (AvgIpc) is 2.64. The molecule has 0 aliphatic rings. The fraction of sp³-hybridized carbons (Fsp3) is 0.250. The molecule has 0 fully saturated rings. The number of aliphatic carboxylic acids is 1. The van der Waals surface area contributed by atoms with E-state index >= 15 is 0 Å². The van der Waals surface area contributed by atoms with Crippen molar-refractivity contribution in [3.05, 3.63) is 41.2 Å². The van der Waals surface area contributed by atoms with Crippen LogP contribution < -0.4 is 0 Å². The lowest BCUT2D eigenvalue weighted by Gasteiger charge is -2.15. The van der Waals surface area contributed by atoms with Crippen molar-refractivity contribution in [1.29, 1.82) is 0 Å². The minimum absolute atomic E-state index is 0.0461. The number of hydrogen-bond acceptors (Lipinski definition) is 7. The lowest BCUT2D eigenvalue weighted by Crippen LogP contribution is -2.18. The number of esters is 3. The molecule has 152 valence electrons. The Morgan fingerprint density at radius 2 is 1.25 bits per heavy atom. The summed E-state index contributed by atoms with van der Waals surface area (Å²) in [5.41, 5.74) is -0.132. The number of halogens is 4. The standard InChI is InChI=1S/C16H12Br4O8/c1-2-26-15(24)9-10(12(18)14(20)13(19)11(9)17)16(25)28-6-5-27-8(23)4-3-7(21)22/h3-4H,2,5-6H2,1H3,(H,21,22)/b4-3-. The molecule has 0 aliphatic heterocycles. The topological polar surface area (TPSA) is 116 Å². The van der Waals surface area contributed by atoms with Gasteiger partial charge in [-0.25, -0.2) is 19.2 Å². The van der Waals surface area contributed by atoms with Crippen LogP contribution in [0.25, 0.3) is 0 Å². The van der Waals surface area contributed by atoms with E-state index in [0.717, 1.165) is 6.08 Å². The summed E-state index contributed by atoms with van der Waals surface area (Å²) in [6.07, 6.45) is 1.34. The molecule has 0 amide bonds. The first-order valence-corrected chi connectivity index (χ1v) is 10.6. The summed E-state index contributed by atoms with van der Waals surface area (Å²) < 4.78 is 16.2. The molecule has 1 N–H and O–H groups in total. The molecule has 1 aromatic rings. The Morgan fingerprint density at radius 1 is 0.786 bits per heavy atom. The molecule has 0 bridgehead atoms. The van der Waals surface area contributed by atoms with E-state index < -0.39 is 23.9 Å². The molecule has 0 atom stereocenters. The molecule has 0 radical (unpaired) electrons. The quantitative estimate of drug-likeness (QED) is 0.111. The van der Waals surface area contributed by atoms with Gasteiger partial charge in [-0.05, 0) is 70.6 Å². The molecule has 8 nitrogen and oxygen atoms in total. The Morgan fingerprint density at radius 3 is 1.71 bits per heavy atom. The third-order valence-corrected chi connectivity index (χ3v) is 7.64. The van der Waals surface area contributed by atoms with Crippen molar-refractivity contribution in [2.45, 2.75) is 6.92 Å². The van der Waals surface area contributed by atoms with Gasteiger partial charge in [-0.2, -0.15) is 0 Å². The fourth-order valence-electron chi connectivity index (χ4n) is 1.75. The SMILES string of the molecule is CCOC(=O)c1c(Br)c(Br)c(Br)c(Br)c1C(=O)OCCOC(=O)/C=C\C(=O)O. The molecule has 0 aliphatic carbocycles. The van der Waals surface area contributed by atoms with Gasteiger partial charge in [-0.3, -0.25) is 0 Å². The Balaban J connectivity index is 2.97. The highest BCUT2D eigenvalue weighted by molar-refractivity contribution is 9.15. The zero-order valence-electron chi connectivity index (χ0n) is 14.1. The lowest BCUT2D eigenvalue weighted by atomic mass is 10.1. The maximum atomic E-state index is 12.5. The van der Waals surface area contributed by atoms with E-state index in [1.165, 1.54) is 0 Å². The third kappa shape index (κ3) is 6.68. The predicted molar refractivity (Wildman–Crippen MR) is 111 cm³/mol. The molecule has 12 heteroatoms. The van der Waals surface area contributed by atoms with Crippen LogP contribution in [0.5, 0.6) is 0 Å². The van der Waals surface area contributed by atoms with Crippen LogP contribution in [0, 0.1) is 0 Å². The van der Waals surface area contributed by atoms with Crippen LogP contribution in [-0.2, 0) is 23.8 Å². The summed E-state index contributed by atoms with van der Waals surface area (Å²) in [5, 5.41) is 8.41. The first-order valence-electron chi connectivity index (χ1n) is 7.39. The van der Waals surface area contributed by atoms with E-state index in [4.69, 9.17) is 19.3 Å². The van der Waals surface area contributed by atoms with Crippen molar-refractivity contribution in [2.24, 2.45) is 0 Å². The number of carboxylic acid groups (broad SMARTS) is 1. The Hall–Kier alpha value is -1.24. The molecule has 0 unspecified atom stereocenters. The lowest BCUT2D eigenvalue weighted by molar-refractivity contribution is -0.139. The van der Waals surface area contributed by atoms with Gasteiger partial charge < -0.3 is 19.3 Å². The minimum atomic E-state index is -1.30. The van der Waals surface area contributed by atoms with Crippen LogP contribution in [0.3, 0.4) is 0 Å². The molecule has 0 saturated carbocycles. The van der Waals surface area contributed by atoms with Crippen LogP contribution in [0.15, 0.2) is 30.0 Å². The number of ether oxygens (including phenoxy) is 3. The third-order valence-electron chi connectivity index (χ3n) is 2.87. The summed E-state index contributed by atoms with van der Waals surface area (Å²) in [6.45, 7) is 1.11. The first kappa shape index (κ1) is 24.8. The summed E-state index contributed by atoms with van der Waals surface area (Å²) in [5.74, 6) is -3.80. The second-order valence-electron chi connectivity index (χ2n) is 4.70. The molecular formula is C16H12Br4O8. The predicted octanol–water partition coefficient (Wildman–Crippen LogP) is 4.25. The first-order chi connectivity index (χ1) is 13.1. The van der Waals surface area contributed by atoms with Crippen molar-refractivity contribution < 1.29 is 38.5 Å². The van der Waals surface area contributed by atoms with E-state index in [0.29, 0.717) is 19.5 Å². The summed E-state index contributed by atoms with van der Waals surface area (Å²) in [6, 6.07) is 0. The Kier molecular flexibility index (Phi) is 10.4. The molecule has 0 aromatic heterocycles. The van der Waals surface area contributed by atoms with E-state index in [2.05, 4.69) is 63.7 Å². The molecule has 1 aromatic carbocycles. The Labute approximate surface area is 193 Å². The van der Waals surface area contributed by atoms with Gasteiger partial charge in [0.1, 0.15) is 13.2 Å². The van der Waals surface area contributed by atoms with Gasteiger partial charge in [0, 0.05) is 30.0 Å². The van der Waals surface area contributed by atoms with Crippen LogP contribution in [-0.4, -0.2) is 48.8 Å². The van der Waals surface area contributed by atoms with Crippen molar-refractivity contribution in [2.75, 3.05) is 19.8 Å². The summed E-state index contributed by atoms with van der Waals surface area (Å²) in [4.78, 5) is 46.4. The summed E-state index contributed by atoms with van der Waals surface area (Å²) in [7, 11) is 0. The van der Waals surface area contributed by atoms with Gasteiger partial charge in [-0.15, -0.1) is 0 Å². The van der Waals surface area contributed by atoms with Crippen molar-refractivity contribution in [3.63, 3.8) is 0 Å². The normalized spacial score (nSPS) is 10.6. The second-order valence-corrected chi connectivity index (χ2v) is 7.87. The maximum Gasteiger partial charge on any atom is 0.340 e. The zero-order chi connectivity index (χ0) is 21.4. The number of carbonyl (C=O) groups excluding carboxylic acids is 3. The Bertz CT molecular complexity index is 835. The van der Waals surface area contributed by atoms with Gasteiger partial charge >= 0.3 is 23.9 Å². The number of rotatable bonds is 8. The number of benzene rings is 1. The second kappa shape index (κ2) is 11.7. The van der Waals surface area contributed by atoms with Gasteiger partial charge in [-0.1, -0.05) is 0 Å². The van der Waals surface area contributed by atoms with Crippen LogP contribution in [0.1, 0.15) is 27.6 Å². The van der Waals surface area contributed by atoms with Crippen LogP contribution in [0.2, 0.25) is 0 Å². The molecule has 0 heterocycles. The van der Waals surface area contributed by atoms with E-state index in [1.54, 1.807) is 6.92 Å². The van der Waals surface area contributed by atoms with Crippen molar-refractivity contribution >= 4 is 87.6 Å². The average molecular weight is 652 g/mol. The monoisotopic (exact) mass is 648 g/mol. The fourth-order valence-corrected chi connectivity index (χ4v) is 4.20. The van der Waals surface area contributed by atoms with Crippen molar-refractivity contribution in [1.82, 2.24) is 0 Å². The van der Waals surface area contributed by atoms with Crippen LogP contribution in [0.4, 0.5) is 0 Å². The van der Waals surface area contributed by atoms with Gasteiger partial charge in [0.05, 0.1) is 17.7 Å². The smallest absolute Gasteiger partial charge is 0.340 e. The largest absolute Gasteiger partial charge is 0.478 e. The van der Waals surface area contributed by atoms with Gasteiger partial charge in [0.2, 0.25) is 0 Å². The van der Waals surface area contributed by atoms with E-state index in [1.807, 2.05) is 0 Å². The highest BCUT2D eigenvalue weighted by Crippen LogP contribution is 2.42. The molecular weight excluding hydrogens is 640 g/mol. The van der Waals surface area contributed by atoms with E-state index in [-0.39, 0.29) is 35.4 Å². The van der Waals surface area contributed by atoms with E-state index in [9.17, 15) is 19.2 Å². The number of hydrogen-bond donors (Lipinski definition) is 1. The van der Waals surface area contributed by atoms with Crippen molar-refractivity contribution in [3.8, 4) is 0 Å². The van der Waals surface area contributed by atoms with Gasteiger partial charge in [0.15, 0.2) is 0 Å². The minimum Gasteiger partial charge on any atom is -0.478 e. The number of carboxylic acids is 1. The number of carbonyl (C=O) groups is 4. The van der Waals surface area contributed by atoms with Crippen LogP contribution >= 0.6 is 63.7 Å². The zero-order valence-corrected chi connectivity index (χ0v) is 20.4. The highest BCUT2D eigenvalue weighted by Gasteiger charge is 2.29. The maximum absolute atomic E-state index is 12.5. The summed E-state index contributed by atoms with van der Waals surface area (Å²) >= 11 is 13.1. The molecule has 0 spiro atoms. The molecule has 28 heavy (non-hydrogen) atoms. The molecule has 1 rings (SSSR count). The highest BCUT2D eigenvalue weighted by atomic mass is 79.9.